The number of hydrogen-bond acceptors (Lipinski definition) is 4. The molecule has 0 aliphatic carbocycles. The minimum Gasteiger partial charge on any atom is -0.387 e. The van der Waals surface area contributed by atoms with Gasteiger partial charge in [-0.15, -0.1) is 0 Å². The first-order chi connectivity index (χ1) is 9.72. The molecule has 2 rings (SSSR count). The van der Waals surface area contributed by atoms with Crippen LogP contribution in [-0.2, 0) is 11.3 Å². The van der Waals surface area contributed by atoms with Gasteiger partial charge in [0.1, 0.15) is 0 Å². The Balaban J connectivity index is 1.87. The lowest BCUT2D eigenvalue weighted by molar-refractivity contribution is -0.00705. The van der Waals surface area contributed by atoms with E-state index in [2.05, 4.69) is 4.90 Å². The fourth-order valence-corrected chi connectivity index (χ4v) is 2.78. The predicted octanol–water partition coefficient (Wildman–Crippen LogP) is 1.68. The molecular formula is C16H26N2O2. The van der Waals surface area contributed by atoms with Gasteiger partial charge in [0.05, 0.1) is 12.2 Å². The van der Waals surface area contributed by atoms with E-state index < -0.39 is 6.10 Å². The highest BCUT2D eigenvalue weighted by Gasteiger charge is 2.22. The molecule has 1 aromatic carbocycles. The number of aliphatic hydroxyl groups is 1. The van der Waals surface area contributed by atoms with Crippen LogP contribution < -0.4 is 5.73 Å². The van der Waals surface area contributed by atoms with Gasteiger partial charge in [-0.2, -0.15) is 0 Å². The number of rotatable bonds is 6. The van der Waals surface area contributed by atoms with E-state index in [9.17, 15) is 5.11 Å². The van der Waals surface area contributed by atoms with Gasteiger partial charge in [0.2, 0.25) is 0 Å². The van der Waals surface area contributed by atoms with Gasteiger partial charge in [-0.25, -0.2) is 0 Å². The van der Waals surface area contributed by atoms with E-state index in [1.807, 2.05) is 31.2 Å². The molecule has 1 fully saturated rings. The van der Waals surface area contributed by atoms with Crippen LogP contribution in [0.5, 0.6) is 0 Å². The van der Waals surface area contributed by atoms with Crippen LogP contribution in [0.4, 0.5) is 0 Å². The molecule has 3 N–H and O–H groups in total. The van der Waals surface area contributed by atoms with Crippen molar-refractivity contribution in [2.45, 2.75) is 38.5 Å². The zero-order valence-corrected chi connectivity index (χ0v) is 12.3. The highest BCUT2D eigenvalue weighted by atomic mass is 16.5. The zero-order chi connectivity index (χ0) is 14.4. The second-order valence-electron chi connectivity index (χ2n) is 5.44. The van der Waals surface area contributed by atoms with Crippen LogP contribution in [-0.4, -0.2) is 42.4 Å². The number of β-amino-alcohol motifs (C(OH)–C–C–N with tert-alkyl or cyclic N) is 1. The van der Waals surface area contributed by atoms with E-state index in [-0.39, 0.29) is 0 Å². The van der Waals surface area contributed by atoms with Crippen LogP contribution >= 0.6 is 0 Å². The van der Waals surface area contributed by atoms with Gasteiger partial charge in [-0.05, 0) is 37.4 Å². The highest BCUT2D eigenvalue weighted by Crippen LogP contribution is 2.19. The van der Waals surface area contributed by atoms with Crippen molar-refractivity contribution >= 4 is 0 Å². The summed E-state index contributed by atoms with van der Waals surface area (Å²) in [7, 11) is 0. The molecule has 0 radical (unpaired) electrons. The standard InChI is InChI=1S/C16H26N2O2/c1-2-20-15-4-3-9-18(11-15)12-16(19)14-7-5-13(10-17)6-8-14/h5-8,15-16,19H,2-4,9-12,17H2,1H3. The lowest BCUT2D eigenvalue weighted by atomic mass is 10.0. The minimum absolute atomic E-state index is 0.320. The van der Waals surface area contributed by atoms with Crippen LogP contribution in [0.1, 0.15) is 37.0 Å². The maximum Gasteiger partial charge on any atom is 0.0916 e. The second kappa shape index (κ2) is 7.74. The van der Waals surface area contributed by atoms with Crippen molar-refractivity contribution in [1.29, 1.82) is 0 Å². The summed E-state index contributed by atoms with van der Waals surface area (Å²) in [5, 5.41) is 10.3. The normalized spacial score (nSPS) is 21.9. The van der Waals surface area contributed by atoms with Gasteiger partial charge in [-0.1, -0.05) is 24.3 Å². The molecule has 0 aromatic heterocycles. The molecule has 1 saturated heterocycles. The smallest absolute Gasteiger partial charge is 0.0916 e. The van der Waals surface area contributed by atoms with E-state index in [4.69, 9.17) is 10.5 Å². The largest absolute Gasteiger partial charge is 0.387 e. The molecule has 0 bridgehead atoms. The van der Waals surface area contributed by atoms with E-state index >= 15 is 0 Å². The molecule has 20 heavy (non-hydrogen) atoms. The average Bonchev–Trinajstić information content (AvgIpc) is 2.48. The summed E-state index contributed by atoms with van der Waals surface area (Å²) in [4.78, 5) is 2.30. The number of likely N-dealkylation sites (tertiary alicyclic amines) is 1. The van der Waals surface area contributed by atoms with E-state index in [0.717, 1.165) is 43.7 Å². The summed E-state index contributed by atoms with van der Waals surface area (Å²) < 4.78 is 5.69. The van der Waals surface area contributed by atoms with Crippen molar-refractivity contribution in [3.63, 3.8) is 0 Å². The number of benzene rings is 1. The van der Waals surface area contributed by atoms with Gasteiger partial charge >= 0.3 is 0 Å². The quantitative estimate of drug-likeness (QED) is 0.831. The van der Waals surface area contributed by atoms with E-state index in [1.54, 1.807) is 0 Å². The number of piperidine rings is 1. The molecule has 0 amide bonds. The third-order valence-electron chi connectivity index (χ3n) is 3.90. The number of hydrogen-bond donors (Lipinski definition) is 2. The maximum absolute atomic E-state index is 10.3. The molecule has 2 unspecified atom stereocenters. The molecule has 0 saturated carbocycles. The van der Waals surface area contributed by atoms with Crippen LogP contribution in [0.2, 0.25) is 0 Å². The average molecular weight is 278 g/mol. The van der Waals surface area contributed by atoms with E-state index in [0.29, 0.717) is 19.2 Å². The van der Waals surface area contributed by atoms with Crippen molar-refractivity contribution in [2.24, 2.45) is 5.73 Å². The van der Waals surface area contributed by atoms with Crippen molar-refractivity contribution in [3.8, 4) is 0 Å². The SMILES string of the molecule is CCOC1CCCN(CC(O)c2ccc(CN)cc2)C1. The second-order valence-corrected chi connectivity index (χ2v) is 5.44. The number of nitrogens with zero attached hydrogens (tertiary/aromatic N) is 1. The van der Waals surface area contributed by atoms with Gasteiger partial charge in [-0.3, -0.25) is 4.90 Å². The number of aliphatic hydroxyl groups excluding tert-OH is 1. The Morgan fingerprint density at radius 3 is 2.80 bits per heavy atom. The number of ether oxygens (including phenoxy) is 1. The molecular weight excluding hydrogens is 252 g/mol. The summed E-state index contributed by atoms with van der Waals surface area (Å²) >= 11 is 0. The molecule has 1 aliphatic heterocycles. The fourth-order valence-electron chi connectivity index (χ4n) is 2.78. The molecule has 4 nitrogen and oxygen atoms in total. The molecule has 1 heterocycles. The highest BCUT2D eigenvalue weighted by molar-refractivity contribution is 5.24. The van der Waals surface area contributed by atoms with Crippen molar-refractivity contribution in [1.82, 2.24) is 4.90 Å². The molecule has 112 valence electrons. The fraction of sp³-hybridized carbons (Fsp3) is 0.625. The summed E-state index contributed by atoms with van der Waals surface area (Å²) in [5.41, 5.74) is 7.64. The first kappa shape index (κ1) is 15.4. The van der Waals surface area contributed by atoms with Crippen molar-refractivity contribution in [3.05, 3.63) is 35.4 Å². The zero-order valence-electron chi connectivity index (χ0n) is 12.3. The van der Waals surface area contributed by atoms with Crippen LogP contribution in [0, 0.1) is 0 Å². The Kier molecular flexibility index (Phi) is 5.98. The van der Waals surface area contributed by atoms with Crippen LogP contribution in [0.3, 0.4) is 0 Å². The Hall–Kier alpha value is -0.940. The van der Waals surface area contributed by atoms with Crippen LogP contribution in [0.25, 0.3) is 0 Å². The maximum atomic E-state index is 10.3. The minimum atomic E-state index is -0.442. The molecule has 1 aliphatic rings. The Morgan fingerprint density at radius 2 is 2.15 bits per heavy atom. The summed E-state index contributed by atoms with van der Waals surface area (Å²) in [6.07, 6.45) is 2.15. The molecule has 2 atom stereocenters. The summed E-state index contributed by atoms with van der Waals surface area (Å²) in [6, 6.07) is 7.91. The number of nitrogens with two attached hydrogens (primary N) is 1. The first-order valence-electron chi connectivity index (χ1n) is 7.53. The van der Waals surface area contributed by atoms with Gasteiger partial charge in [0, 0.05) is 26.2 Å². The predicted molar refractivity (Wildman–Crippen MR) is 80.4 cm³/mol. The Bertz CT molecular complexity index is 392. The van der Waals surface area contributed by atoms with Gasteiger partial charge in [0.15, 0.2) is 0 Å². The van der Waals surface area contributed by atoms with Crippen LogP contribution in [0.15, 0.2) is 24.3 Å². The van der Waals surface area contributed by atoms with Crippen molar-refractivity contribution in [2.75, 3.05) is 26.2 Å². The monoisotopic (exact) mass is 278 g/mol. The molecule has 0 spiro atoms. The first-order valence-corrected chi connectivity index (χ1v) is 7.53. The Labute approximate surface area is 121 Å². The van der Waals surface area contributed by atoms with Gasteiger partial charge in [0.25, 0.3) is 0 Å². The topological polar surface area (TPSA) is 58.7 Å². The lowest BCUT2D eigenvalue weighted by Crippen LogP contribution is -2.41. The summed E-state index contributed by atoms with van der Waals surface area (Å²) in [5.74, 6) is 0. The lowest BCUT2D eigenvalue weighted by Gasteiger charge is -2.33. The Morgan fingerprint density at radius 1 is 1.40 bits per heavy atom. The van der Waals surface area contributed by atoms with Gasteiger partial charge < -0.3 is 15.6 Å². The molecule has 1 aromatic rings. The molecule has 4 heteroatoms. The summed E-state index contributed by atoms with van der Waals surface area (Å²) in [6.45, 7) is 5.98. The third kappa shape index (κ3) is 4.28. The van der Waals surface area contributed by atoms with E-state index in [1.165, 1.54) is 0 Å². The third-order valence-corrected chi connectivity index (χ3v) is 3.90. The van der Waals surface area contributed by atoms with Crippen molar-refractivity contribution < 1.29 is 9.84 Å².